The van der Waals surface area contributed by atoms with Gasteiger partial charge in [0.05, 0.1) is 0 Å². The number of carboxylic acids is 1. The van der Waals surface area contributed by atoms with Gasteiger partial charge in [-0.3, -0.25) is 4.79 Å². The first-order valence-corrected chi connectivity index (χ1v) is 6.68. The Morgan fingerprint density at radius 3 is 2.40 bits per heavy atom. The van der Waals surface area contributed by atoms with Crippen molar-refractivity contribution in [1.29, 1.82) is 0 Å². The van der Waals surface area contributed by atoms with Gasteiger partial charge in [0.2, 0.25) is 5.91 Å². The van der Waals surface area contributed by atoms with Crippen LogP contribution in [-0.2, 0) is 16.0 Å². The van der Waals surface area contributed by atoms with Crippen molar-refractivity contribution in [1.82, 2.24) is 4.90 Å². The molecule has 0 heterocycles. The predicted octanol–water partition coefficient (Wildman–Crippen LogP) is 1.91. The van der Waals surface area contributed by atoms with E-state index in [9.17, 15) is 14.7 Å². The lowest BCUT2D eigenvalue weighted by molar-refractivity contribution is -0.156. The molecule has 0 spiro atoms. The summed E-state index contributed by atoms with van der Waals surface area (Å²) in [6.07, 6.45) is 0.760. The van der Waals surface area contributed by atoms with Crippen molar-refractivity contribution < 1.29 is 14.7 Å². The number of hydrogen-bond donors (Lipinski definition) is 2. The normalized spacial score (nSPS) is 11.2. The number of para-hydroxylation sites is 1. The summed E-state index contributed by atoms with van der Waals surface area (Å²) in [7, 11) is 0. The van der Waals surface area contributed by atoms with Crippen molar-refractivity contribution in [2.24, 2.45) is 0 Å². The van der Waals surface area contributed by atoms with Crippen LogP contribution in [0.25, 0.3) is 0 Å². The Morgan fingerprint density at radius 2 is 1.90 bits per heavy atom. The molecular formula is C15H22N2O3. The topological polar surface area (TPSA) is 83.6 Å². The van der Waals surface area contributed by atoms with Crippen molar-refractivity contribution in [3.63, 3.8) is 0 Å². The van der Waals surface area contributed by atoms with Crippen LogP contribution in [-0.4, -0.2) is 34.0 Å². The lowest BCUT2D eigenvalue weighted by Crippen LogP contribution is -2.52. The number of rotatable bonds is 6. The van der Waals surface area contributed by atoms with Crippen LogP contribution in [0.1, 0.15) is 32.8 Å². The minimum atomic E-state index is -1.20. The van der Waals surface area contributed by atoms with Crippen molar-refractivity contribution in [2.75, 3.05) is 12.3 Å². The monoisotopic (exact) mass is 278 g/mol. The molecule has 0 radical (unpaired) electrons. The number of aryl methyl sites for hydroxylation is 1. The molecule has 0 unspecified atom stereocenters. The van der Waals surface area contributed by atoms with Crippen molar-refractivity contribution >= 4 is 17.6 Å². The molecule has 110 valence electrons. The van der Waals surface area contributed by atoms with Gasteiger partial charge in [0.25, 0.3) is 0 Å². The highest BCUT2D eigenvalue weighted by Crippen LogP contribution is 2.18. The predicted molar refractivity (Wildman–Crippen MR) is 78.3 cm³/mol. The zero-order valence-corrected chi connectivity index (χ0v) is 12.2. The van der Waals surface area contributed by atoms with E-state index < -0.39 is 11.5 Å². The van der Waals surface area contributed by atoms with E-state index in [-0.39, 0.29) is 12.3 Å². The Hall–Kier alpha value is -2.04. The first-order chi connectivity index (χ1) is 9.30. The summed E-state index contributed by atoms with van der Waals surface area (Å²) < 4.78 is 0. The third-order valence-electron chi connectivity index (χ3n) is 3.48. The standard InChI is InChI=1S/C15H22N2O3/c1-4-17(15(2,3)14(19)20)13(18)10-9-11-7-5-6-8-12(11)16/h5-8H,4,9-10,16H2,1-3H3,(H,19,20). The van der Waals surface area contributed by atoms with Gasteiger partial charge in [0.1, 0.15) is 5.54 Å². The third-order valence-corrected chi connectivity index (χ3v) is 3.48. The molecule has 0 aliphatic carbocycles. The molecule has 5 nitrogen and oxygen atoms in total. The fraction of sp³-hybridized carbons (Fsp3) is 0.467. The third kappa shape index (κ3) is 3.50. The van der Waals surface area contributed by atoms with Crippen LogP contribution in [0, 0.1) is 0 Å². The molecule has 5 heteroatoms. The molecule has 0 aliphatic heterocycles. The van der Waals surface area contributed by atoms with Gasteiger partial charge < -0.3 is 15.7 Å². The molecule has 0 aliphatic rings. The first kappa shape index (κ1) is 16.0. The first-order valence-electron chi connectivity index (χ1n) is 6.68. The summed E-state index contributed by atoms with van der Waals surface area (Å²) in [5.41, 5.74) is 6.19. The van der Waals surface area contributed by atoms with Gasteiger partial charge in [0.15, 0.2) is 0 Å². The Balaban J connectivity index is 2.75. The van der Waals surface area contributed by atoms with E-state index in [0.29, 0.717) is 18.7 Å². The van der Waals surface area contributed by atoms with Crippen LogP contribution in [0.15, 0.2) is 24.3 Å². The summed E-state index contributed by atoms with van der Waals surface area (Å²) in [6, 6.07) is 7.38. The summed E-state index contributed by atoms with van der Waals surface area (Å²) in [6.45, 7) is 5.21. The van der Waals surface area contributed by atoms with E-state index in [2.05, 4.69) is 0 Å². The fourth-order valence-corrected chi connectivity index (χ4v) is 2.14. The van der Waals surface area contributed by atoms with E-state index in [1.165, 1.54) is 18.7 Å². The average molecular weight is 278 g/mol. The van der Waals surface area contributed by atoms with Gasteiger partial charge >= 0.3 is 5.97 Å². The number of hydrogen-bond acceptors (Lipinski definition) is 3. The number of carbonyl (C=O) groups excluding carboxylic acids is 1. The van der Waals surface area contributed by atoms with Gasteiger partial charge in [0, 0.05) is 18.7 Å². The largest absolute Gasteiger partial charge is 0.480 e. The van der Waals surface area contributed by atoms with Crippen LogP contribution in [0.5, 0.6) is 0 Å². The van der Waals surface area contributed by atoms with Gasteiger partial charge in [-0.25, -0.2) is 4.79 Å². The van der Waals surface area contributed by atoms with Crippen LogP contribution >= 0.6 is 0 Å². The summed E-state index contributed by atoms with van der Waals surface area (Å²) in [5, 5.41) is 9.21. The highest BCUT2D eigenvalue weighted by molar-refractivity contribution is 5.86. The molecule has 1 aromatic carbocycles. The molecule has 20 heavy (non-hydrogen) atoms. The number of nitrogens with zero attached hydrogens (tertiary/aromatic N) is 1. The van der Waals surface area contributed by atoms with E-state index in [0.717, 1.165) is 5.56 Å². The maximum absolute atomic E-state index is 12.2. The summed E-state index contributed by atoms with van der Waals surface area (Å²) >= 11 is 0. The second kappa shape index (κ2) is 6.41. The van der Waals surface area contributed by atoms with E-state index >= 15 is 0 Å². The van der Waals surface area contributed by atoms with E-state index in [1.807, 2.05) is 18.2 Å². The van der Waals surface area contributed by atoms with Crippen LogP contribution in [0.2, 0.25) is 0 Å². The summed E-state index contributed by atoms with van der Waals surface area (Å²) in [5.74, 6) is -1.19. The quantitative estimate of drug-likeness (QED) is 0.779. The molecule has 0 fully saturated rings. The van der Waals surface area contributed by atoms with Crippen LogP contribution in [0.4, 0.5) is 5.69 Å². The van der Waals surface area contributed by atoms with Crippen molar-refractivity contribution in [2.45, 2.75) is 39.2 Å². The molecule has 1 rings (SSSR count). The highest BCUT2D eigenvalue weighted by Gasteiger charge is 2.36. The van der Waals surface area contributed by atoms with Gasteiger partial charge in [-0.1, -0.05) is 18.2 Å². The molecule has 3 N–H and O–H groups in total. The number of likely N-dealkylation sites (N-methyl/N-ethyl adjacent to an activating group) is 1. The second-order valence-electron chi connectivity index (χ2n) is 5.20. The van der Waals surface area contributed by atoms with Crippen molar-refractivity contribution in [3.05, 3.63) is 29.8 Å². The van der Waals surface area contributed by atoms with Crippen LogP contribution < -0.4 is 5.73 Å². The zero-order chi connectivity index (χ0) is 15.3. The molecule has 0 saturated carbocycles. The number of carbonyl (C=O) groups is 2. The number of anilines is 1. The number of aliphatic carboxylic acids is 1. The number of nitrogens with two attached hydrogens (primary N) is 1. The lowest BCUT2D eigenvalue weighted by Gasteiger charge is -2.34. The Kier molecular flexibility index (Phi) is 5.13. The second-order valence-corrected chi connectivity index (χ2v) is 5.20. The number of benzene rings is 1. The average Bonchev–Trinajstić information content (AvgIpc) is 2.38. The van der Waals surface area contributed by atoms with Gasteiger partial charge in [-0.2, -0.15) is 0 Å². The number of carboxylic acid groups (broad SMARTS) is 1. The van der Waals surface area contributed by atoms with Gasteiger partial charge in [-0.05, 0) is 38.8 Å². The summed E-state index contributed by atoms with van der Waals surface area (Å²) in [4.78, 5) is 24.9. The van der Waals surface area contributed by atoms with E-state index in [4.69, 9.17) is 5.73 Å². The Morgan fingerprint density at radius 1 is 1.30 bits per heavy atom. The smallest absolute Gasteiger partial charge is 0.329 e. The van der Waals surface area contributed by atoms with Crippen molar-refractivity contribution in [3.8, 4) is 0 Å². The Bertz CT molecular complexity index is 498. The SMILES string of the molecule is CCN(C(=O)CCc1ccccc1N)C(C)(C)C(=O)O. The lowest BCUT2D eigenvalue weighted by atomic mass is 10.0. The molecule has 0 atom stereocenters. The maximum atomic E-state index is 12.2. The van der Waals surface area contributed by atoms with Crippen LogP contribution in [0.3, 0.4) is 0 Å². The van der Waals surface area contributed by atoms with Gasteiger partial charge in [-0.15, -0.1) is 0 Å². The number of nitrogen functional groups attached to an aromatic ring is 1. The zero-order valence-electron chi connectivity index (χ0n) is 12.2. The molecule has 1 amide bonds. The van der Waals surface area contributed by atoms with E-state index in [1.54, 1.807) is 13.0 Å². The number of amides is 1. The highest BCUT2D eigenvalue weighted by atomic mass is 16.4. The molecule has 0 aromatic heterocycles. The molecular weight excluding hydrogens is 256 g/mol. The minimum Gasteiger partial charge on any atom is -0.480 e. The molecule has 1 aromatic rings. The molecule has 0 saturated heterocycles. The fourth-order valence-electron chi connectivity index (χ4n) is 2.14. The Labute approximate surface area is 119 Å². The molecule has 0 bridgehead atoms. The maximum Gasteiger partial charge on any atom is 0.329 e. The minimum absolute atomic E-state index is 0.178.